The number of aliphatic hydroxyl groups is 1. The van der Waals surface area contributed by atoms with Gasteiger partial charge in [0.25, 0.3) is 5.91 Å². The van der Waals surface area contributed by atoms with Crippen molar-refractivity contribution in [3.63, 3.8) is 0 Å². The highest BCUT2D eigenvalue weighted by Crippen LogP contribution is 2.49. The fraction of sp³-hybridized carbons (Fsp3) is 0.280. The highest BCUT2D eigenvalue weighted by molar-refractivity contribution is 5.99. The van der Waals surface area contributed by atoms with E-state index in [1.165, 1.54) is 0 Å². The summed E-state index contributed by atoms with van der Waals surface area (Å²) in [5.74, 6) is 1.30. The molecule has 0 spiro atoms. The normalized spacial score (nSPS) is 19.8. The van der Waals surface area contributed by atoms with Crippen molar-refractivity contribution in [2.45, 2.75) is 38.0 Å². The van der Waals surface area contributed by atoms with Crippen LogP contribution in [0.5, 0.6) is 0 Å². The molecule has 2 aromatic heterocycles. The van der Waals surface area contributed by atoms with Gasteiger partial charge in [-0.3, -0.25) is 4.79 Å². The second-order valence-corrected chi connectivity index (χ2v) is 9.13. The minimum absolute atomic E-state index is 0.00156. The van der Waals surface area contributed by atoms with Gasteiger partial charge in [-0.1, -0.05) is 24.3 Å². The molecule has 2 bridgehead atoms. The lowest BCUT2D eigenvalue weighted by atomic mass is 9.90. The predicted octanol–water partition coefficient (Wildman–Crippen LogP) is 3.84. The minimum Gasteiger partial charge on any atom is -0.382 e. The van der Waals surface area contributed by atoms with E-state index in [2.05, 4.69) is 20.6 Å². The van der Waals surface area contributed by atoms with Crippen LogP contribution in [-0.4, -0.2) is 42.5 Å². The number of imidazole rings is 1. The van der Waals surface area contributed by atoms with Crippen LogP contribution in [0.2, 0.25) is 0 Å². The van der Waals surface area contributed by atoms with Gasteiger partial charge < -0.3 is 14.6 Å². The third-order valence-electron chi connectivity index (χ3n) is 6.65. The van der Waals surface area contributed by atoms with Gasteiger partial charge in [-0.15, -0.1) is 0 Å². The predicted molar refractivity (Wildman–Crippen MR) is 120 cm³/mol. The summed E-state index contributed by atoms with van der Waals surface area (Å²) in [7, 11) is 1.86. The van der Waals surface area contributed by atoms with Crippen LogP contribution in [0.3, 0.4) is 0 Å². The molecule has 32 heavy (non-hydrogen) atoms. The third-order valence-corrected chi connectivity index (χ3v) is 6.65. The largest absolute Gasteiger partial charge is 0.382 e. The maximum absolute atomic E-state index is 13.4. The number of benzene rings is 2. The molecule has 2 unspecified atom stereocenters. The molecule has 0 fully saturated rings. The molecule has 160 valence electrons. The average molecular weight is 425 g/mol. The van der Waals surface area contributed by atoms with Crippen LogP contribution >= 0.6 is 0 Å². The van der Waals surface area contributed by atoms with Gasteiger partial charge in [0.2, 0.25) is 0 Å². The zero-order valence-corrected chi connectivity index (χ0v) is 18.1. The van der Waals surface area contributed by atoms with Gasteiger partial charge in [-0.2, -0.15) is 0 Å². The van der Waals surface area contributed by atoms with Crippen molar-refractivity contribution < 1.29 is 9.90 Å². The topological polar surface area (TPSA) is 84.1 Å². The molecule has 6 rings (SSSR count). The van der Waals surface area contributed by atoms with Crippen molar-refractivity contribution in [1.29, 1.82) is 0 Å². The minimum atomic E-state index is -1.12. The Morgan fingerprint density at radius 3 is 2.47 bits per heavy atom. The van der Waals surface area contributed by atoms with E-state index in [-0.39, 0.29) is 18.0 Å². The van der Waals surface area contributed by atoms with E-state index >= 15 is 0 Å². The number of aromatic nitrogens is 4. The number of hydrogen-bond acceptors (Lipinski definition) is 5. The molecule has 0 saturated carbocycles. The van der Waals surface area contributed by atoms with Crippen molar-refractivity contribution in [2.75, 3.05) is 7.05 Å². The summed E-state index contributed by atoms with van der Waals surface area (Å²) in [5, 5.41) is 10.2. The van der Waals surface area contributed by atoms with Crippen LogP contribution in [0, 0.1) is 0 Å². The maximum Gasteiger partial charge on any atom is 0.254 e. The monoisotopic (exact) mass is 425 g/mol. The molecular weight excluding hydrogens is 402 g/mol. The van der Waals surface area contributed by atoms with Crippen molar-refractivity contribution in [2.24, 2.45) is 0 Å². The van der Waals surface area contributed by atoms with Crippen LogP contribution in [0.25, 0.3) is 22.2 Å². The number of rotatable bonds is 2. The van der Waals surface area contributed by atoms with E-state index in [9.17, 15) is 9.90 Å². The number of amides is 1. The first-order valence-corrected chi connectivity index (χ1v) is 10.8. The lowest BCUT2D eigenvalue weighted by molar-refractivity contribution is 0.0686. The fourth-order valence-electron chi connectivity index (χ4n) is 5.10. The van der Waals surface area contributed by atoms with E-state index in [1.54, 1.807) is 26.2 Å². The first-order valence-electron chi connectivity index (χ1n) is 10.8. The van der Waals surface area contributed by atoms with Crippen molar-refractivity contribution >= 4 is 16.9 Å². The van der Waals surface area contributed by atoms with Gasteiger partial charge in [-0.25, -0.2) is 15.0 Å². The number of fused-ring (bicyclic) bond motifs is 9. The molecule has 2 aliphatic heterocycles. The third kappa shape index (κ3) is 2.58. The van der Waals surface area contributed by atoms with Crippen molar-refractivity contribution in [3.8, 4) is 11.1 Å². The Hall–Kier alpha value is -3.58. The smallest absolute Gasteiger partial charge is 0.254 e. The molecular formula is C25H23N5O2. The van der Waals surface area contributed by atoms with E-state index in [0.29, 0.717) is 11.4 Å². The Morgan fingerprint density at radius 2 is 1.72 bits per heavy atom. The SMILES string of the molecule is CN1C(=O)c2cccc(-c3cnc(C(C)(C)O)nc3)c2C2CC1c1nc3ccccc3n12. The molecule has 2 aromatic carbocycles. The Balaban J connectivity index is 1.60. The van der Waals surface area contributed by atoms with Crippen molar-refractivity contribution in [1.82, 2.24) is 24.4 Å². The van der Waals surface area contributed by atoms with Gasteiger partial charge in [0, 0.05) is 37.0 Å². The van der Waals surface area contributed by atoms with Crippen LogP contribution < -0.4 is 0 Å². The standard InChI is InChI=1S/C25H23N5O2/c1-25(2,32)24-26-12-14(13-27-24)15-7-6-8-16-21(15)19-11-20(29(3)23(16)31)22-28-17-9-4-5-10-18(17)30(19)22/h4-10,12-13,19-20,32H,11H2,1-3H3. The molecule has 7 nitrogen and oxygen atoms in total. The number of carbonyl (C=O) groups is 1. The molecule has 0 radical (unpaired) electrons. The number of hydrogen-bond donors (Lipinski definition) is 1. The molecule has 7 heteroatoms. The van der Waals surface area contributed by atoms with Crippen LogP contribution in [0.1, 0.15) is 59.9 Å². The number of carbonyl (C=O) groups excluding carboxylic acids is 1. The lowest BCUT2D eigenvalue weighted by Crippen LogP contribution is -2.30. The molecule has 1 N–H and O–H groups in total. The lowest BCUT2D eigenvalue weighted by Gasteiger charge is -2.25. The number of para-hydroxylation sites is 2. The molecule has 0 saturated heterocycles. The first kappa shape index (κ1) is 19.1. The Bertz CT molecular complexity index is 1380. The van der Waals surface area contributed by atoms with Crippen molar-refractivity contribution in [3.05, 3.63) is 77.6 Å². The van der Waals surface area contributed by atoms with E-state index < -0.39 is 5.60 Å². The van der Waals surface area contributed by atoms with Crippen LogP contribution in [-0.2, 0) is 5.60 Å². The van der Waals surface area contributed by atoms with Gasteiger partial charge in [0.1, 0.15) is 11.4 Å². The quantitative estimate of drug-likeness (QED) is 0.528. The molecule has 0 aliphatic carbocycles. The zero-order chi connectivity index (χ0) is 22.2. The summed E-state index contributed by atoms with van der Waals surface area (Å²) >= 11 is 0. The summed E-state index contributed by atoms with van der Waals surface area (Å²) in [5.41, 5.74) is 4.34. The molecule has 4 aromatic rings. The zero-order valence-electron chi connectivity index (χ0n) is 18.1. The van der Waals surface area contributed by atoms with Gasteiger partial charge in [0.15, 0.2) is 5.82 Å². The molecule has 2 aliphatic rings. The highest BCUT2D eigenvalue weighted by atomic mass is 16.3. The summed E-state index contributed by atoms with van der Waals surface area (Å²) < 4.78 is 2.29. The summed E-state index contributed by atoms with van der Waals surface area (Å²) in [6, 6.07) is 13.9. The van der Waals surface area contributed by atoms with E-state index in [1.807, 2.05) is 48.3 Å². The van der Waals surface area contributed by atoms with Crippen LogP contribution in [0.15, 0.2) is 54.9 Å². The van der Waals surface area contributed by atoms with Gasteiger partial charge in [-0.05, 0) is 43.2 Å². The summed E-state index contributed by atoms with van der Waals surface area (Å²) in [6.45, 7) is 3.32. The number of nitrogens with zero attached hydrogens (tertiary/aromatic N) is 5. The fourth-order valence-corrected chi connectivity index (χ4v) is 5.10. The summed E-state index contributed by atoms with van der Waals surface area (Å²) in [4.78, 5) is 29.0. The molecule has 2 atom stereocenters. The van der Waals surface area contributed by atoms with Gasteiger partial charge in [0.05, 0.1) is 23.1 Å². The highest BCUT2D eigenvalue weighted by Gasteiger charge is 2.44. The Kier molecular flexibility index (Phi) is 3.86. The Morgan fingerprint density at radius 1 is 1.00 bits per heavy atom. The van der Waals surface area contributed by atoms with E-state index in [0.717, 1.165) is 40.0 Å². The average Bonchev–Trinajstić information content (AvgIpc) is 3.31. The Labute approximate surface area is 185 Å². The maximum atomic E-state index is 13.4. The van der Waals surface area contributed by atoms with Crippen LogP contribution in [0.4, 0.5) is 0 Å². The first-order chi connectivity index (χ1) is 15.3. The van der Waals surface area contributed by atoms with E-state index in [4.69, 9.17) is 4.98 Å². The summed E-state index contributed by atoms with van der Waals surface area (Å²) in [6.07, 6.45) is 4.24. The molecule has 1 amide bonds. The molecule has 4 heterocycles. The second-order valence-electron chi connectivity index (χ2n) is 9.13. The van der Waals surface area contributed by atoms with Gasteiger partial charge >= 0.3 is 0 Å². The second kappa shape index (κ2) is 6.46.